The first-order valence-corrected chi connectivity index (χ1v) is 30.7. The molecule has 0 radical (unpaired) electrons. The molecular weight excluding hydrogens is 757 g/mol. The average Bonchev–Trinajstić information content (AvgIpc) is 3.30. The third-order valence-electron chi connectivity index (χ3n) is 20.4. The lowest BCUT2D eigenvalue weighted by Crippen LogP contribution is -2.31. The minimum atomic E-state index is 1.01. The number of hydrogen-bond donors (Lipinski definition) is 0. The van der Waals surface area contributed by atoms with Crippen molar-refractivity contribution in [2.75, 3.05) is 0 Å². The number of rotatable bonds is 21. The van der Waals surface area contributed by atoms with Gasteiger partial charge in [-0.2, -0.15) is 0 Å². The number of hydrogen-bond acceptors (Lipinski definition) is 0. The van der Waals surface area contributed by atoms with Crippen molar-refractivity contribution < 1.29 is 0 Å². The second-order valence-electron chi connectivity index (χ2n) is 25.1. The van der Waals surface area contributed by atoms with Gasteiger partial charge in [0.25, 0.3) is 0 Å². The minimum Gasteiger partial charge on any atom is -0.0654 e. The molecule has 6 fully saturated rings. The van der Waals surface area contributed by atoms with Crippen molar-refractivity contribution >= 4 is 0 Å². The Hall–Kier alpha value is 0. The second-order valence-corrected chi connectivity index (χ2v) is 25.1. The monoisotopic (exact) mass is 877 g/mol. The molecule has 9 unspecified atom stereocenters. The molecule has 6 aliphatic rings. The van der Waals surface area contributed by atoms with Gasteiger partial charge in [-0.15, -0.1) is 0 Å². The number of unbranched alkanes of at least 4 members (excludes halogenated alkanes) is 7. The molecule has 0 saturated heterocycles. The van der Waals surface area contributed by atoms with Crippen LogP contribution in [-0.4, -0.2) is 0 Å². The first-order valence-electron chi connectivity index (χ1n) is 30.7. The largest absolute Gasteiger partial charge is 0.0654 e. The van der Waals surface area contributed by atoms with Gasteiger partial charge < -0.3 is 0 Å². The van der Waals surface area contributed by atoms with E-state index >= 15 is 0 Å². The van der Waals surface area contributed by atoms with E-state index in [2.05, 4.69) is 62.3 Å². The molecule has 6 aliphatic carbocycles. The topological polar surface area (TPSA) is 0 Å². The van der Waals surface area contributed by atoms with Gasteiger partial charge in [0.1, 0.15) is 0 Å². The Morgan fingerprint density at radius 2 is 0.540 bits per heavy atom. The summed E-state index contributed by atoms with van der Waals surface area (Å²) in [6, 6.07) is 0. The first kappa shape index (κ1) is 55.6. The smallest absolute Gasteiger partial charge is 0.0360 e. The fraction of sp³-hybridized carbons (Fsp3) is 1.00. The molecule has 0 N–H and O–H groups in total. The van der Waals surface area contributed by atoms with Crippen molar-refractivity contribution in [2.45, 2.75) is 313 Å². The zero-order chi connectivity index (χ0) is 45.2. The fourth-order valence-electron chi connectivity index (χ4n) is 16.3. The zero-order valence-corrected chi connectivity index (χ0v) is 45.2. The van der Waals surface area contributed by atoms with Gasteiger partial charge in [0, 0.05) is 0 Å². The van der Waals surface area contributed by atoms with Crippen molar-refractivity contribution in [1.29, 1.82) is 0 Å². The summed E-state index contributed by atoms with van der Waals surface area (Å²) in [5.74, 6) is 16.0. The van der Waals surface area contributed by atoms with E-state index in [0.29, 0.717) is 0 Å². The van der Waals surface area contributed by atoms with E-state index in [0.717, 1.165) is 88.8 Å². The maximum absolute atomic E-state index is 2.58. The Morgan fingerprint density at radius 3 is 0.825 bits per heavy atom. The predicted octanol–water partition coefficient (Wildman–Crippen LogP) is 21.7. The highest BCUT2D eigenvalue weighted by atomic mass is 14.4. The zero-order valence-electron chi connectivity index (χ0n) is 45.2. The molecule has 0 aromatic rings. The van der Waals surface area contributed by atoms with Crippen LogP contribution in [0.2, 0.25) is 0 Å². The van der Waals surface area contributed by atoms with Crippen LogP contribution in [0.5, 0.6) is 0 Å². The highest BCUT2D eigenvalue weighted by Gasteiger charge is 2.37. The van der Waals surface area contributed by atoms with E-state index in [1.54, 1.807) is 122 Å². The van der Waals surface area contributed by atoms with Crippen LogP contribution < -0.4 is 0 Å². The quantitative estimate of drug-likeness (QED) is 0.101. The summed E-state index contributed by atoms with van der Waals surface area (Å²) in [6.07, 6.45) is 58.7. The highest BCUT2D eigenvalue weighted by Crippen LogP contribution is 2.48. The van der Waals surface area contributed by atoms with Crippen LogP contribution in [0.15, 0.2) is 0 Å². The molecule has 372 valence electrons. The second kappa shape index (κ2) is 32.7. The van der Waals surface area contributed by atoms with Gasteiger partial charge in [-0.3, -0.25) is 0 Å². The van der Waals surface area contributed by atoms with Crippen LogP contribution >= 0.6 is 0 Å². The van der Waals surface area contributed by atoms with Crippen LogP contribution in [0.1, 0.15) is 313 Å². The van der Waals surface area contributed by atoms with Crippen molar-refractivity contribution in [3.05, 3.63) is 0 Å². The molecule has 0 spiro atoms. The predicted molar refractivity (Wildman–Crippen MR) is 283 cm³/mol. The van der Waals surface area contributed by atoms with E-state index in [4.69, 9.17) is 0 Å². The third kappa shape index (κ3) is 20.2. The Bertz CT molecular complexity index is 1050. The van der Waals surface area contributed by atoms with Crippen molar-refractivity contribution in [3.8, 4) is 0 Å². The van der Waals surface area contributed by atoms with E-state index in [1.165, 1.54) is 128 Å². The average molecular weight is 878 g/mol. The van der Waals surface area contributed by atoms with Crippen molar-refractivity contribution in [3.63, 3.8) is 0 Å². The lowest BCUT2D eigenvalue weighted by Gasteiger charge is -2.42. The molecule has 6 saturated carbocycles. The summed E-state index contributed by atoms with van der Waals surface area (Å²) < 4.78 is 0. The van der Waals surface area contributed by atoms with Crippen LogP contribution in [-0.2, 0) is 0 Å². The summed E-state index contributed by atoms with van der Waals surface area (Å²) >= 11 is 0. The van der Waals surface area contributed by atoms with Gasteiger partial charge in [-0.1, -0.05) is 236 Å². The van der Waals surface area contributed by atoms with Crippen LogP contribution in [0, 0.1) is 88.8 Å². The Morgan fingerprint density at radius 1 is 0.254 bits per heavy atom. The van der Waals surface area contributed by atoms with E-state index in [-0.39, 0.29) is 0 Å². The lowest BCUT2D eigenvalue weighted by atomic mass is 9.64. The molecular formula is C63H120. The molecule has 0 aromatic heterocycles. The van der Waals surface area contributed by atoms with Crippen LogP contribution in [0.4, 0.5) is 0 Å². The first-order chi connectivity index (χ1) is 30.7. The van der Waals surface area contributed by atoms with Gasteiger partial charge in [-0.25, -0.2) is 0 Å². The summed E-state index contributed by atoms with van der Waals surface area (Å²) in [7, 11) is 0. The molecule has 0 aliphatic heterocycles. The summed E-state index contributed by atoms with van der Waals surface area (Å²) in [4.78, 5) is 0. The van der Waals surface area contributed by atoms with Crippen molar-refractivity contribution in [2.24, 2.45) is 88.8 Å². The molecule has 0 aromatic carbocycles. The molecule has 6 rings (SSSR count). The third-order valence-corrected chi connectivity index (χ3v) is 20.4. The van der Waals surface area contributed by atoms with Gasteiger partial charge in [0.15, 0.2) is 0 Å². The summed E-state index contributed by atoms with van der Waals surface area (Å²) in [5, 5.41) is 0. The van der Waals surface area contributed by atoms with E-state index < -0.39 is 0 Å². The van der Waals surface area contributed by atoms with Gasteiger partial charge >= 0.3 is 0 Å². The Labute approximate surface area is 399 Å². The fourth-order valence-corrected chi connectivity index (χ4v) is 16.3. The molecule has 0 heterocycles. The molecule has 9 atom stereocenters. The lowest BCUT2D eigenvalue weighted by molar-refractivity contribution is 0.0919. The molecule has 63 heavy (non-hydrogen) atoms. The molecule has 0 amide bonds. The molecule has 0 bridgehead atoms. The highest BCUT2D eigenvalue weighted by molar-refractivity contribution is 4.88. The minimum absolute atomic E-state index is 1.01. The van der Waals surface area contributed by atoms with Gasteiger partial charge in [0.2, 0.25) is 0 Å². The van der Waals surface area contributed by atoms with E-state index in [1.807, 2.05) is 0 Å². The van der Waals surface area contributed by atoms with Crippen molar-refractivity contribution in [1.82, 2.24) is 0 Å². The summed E-state index contributed by atoms with van der Waals surface area (Å²) in [5.41, 5.74) is 0. The summed E-state index contributed by atoms with van der Waals surface area (Å²) in [6.45, 7) is 21.8. The standard InChI is InChI=1S/C22H42.C21H40.C20H38/c1-4-6-8-10-20-13-16-22(18(3)17-20)21-14-11-19(12-15-21)9-7-5-2;1-4-6-7-9-19-12-15-21(17(3)16-19)20-13-10-18(8-5-2)11-14-20;1-4-6-7-8-18-11-14-20(16(3)15-18)19-12-9-17(5-2)10-13-19/h18-22H,4-17H2,1-3H3;17-21H,4-16H2,1-3H3;16-20H,4-15H2,1-3H3. The maximum Gasteiger partial charge on any atom is -0.0360 e. The maximum atomic E-state index is 2.58. The molecule has 0 nitrogen and oxygen atoms in total. The molecule has 0 heteroatoms. The van der Waals surface area contributed by atoms with Crippen LogP contribution in [0.25, 0.3) is 0 Å². The van der Waals surface area contributed by atoms with Gasteiger partial charge in [0.05, 0.1) is 0 Å². The Balaban J connectivity index is 0.000000208. The normalized spacial score (nSPS) is 37.6. The SMILES string of the molecule is CCCCCC1CCC(C2CCC(CC)CC2)C(C)C1.CCCCCC1CCC(C2CCC(CCC)CC2)C(C)C1.CCCCCC1CCC(C2CCC(CCCC)CC2)C(C)C1. The van der Waals surface area contributed by atoms with E-state index in [9.17, 15) is 0 Å². The van der Waals surface area contributed by atoms with Gasteiger partial charge in [-0.05, 0) is 166 Å². The van der Waals surface area contributed by atoms with Crippen LogP contribution in [0.3, 0.4) is 0 Å². The Kier molecular flexibility index (Phi) is 28.9.